The van der Waals surface area contributed by atoms with Gasteiger partial charge in [0.05, 0.1) is 6.61 Å². The van der Waals surface area contributed by atoms with Crippen molar-refractivity contribution in [2.45, 2.75) is 23.8 Å². The van der Waals surface area contributed by atoms with E-state index in [1.807, 2.05) is 0 Å². The third kappa shape index (κ3) is 3.21. The summed E-state index contributed by atoms with van der Waals surface area (Å²) in [6, 6.07) is 3.13. The van der Waals surface area contributed by atoms with E-state index in [0.717, 1.165) is 12.8 Å². The zero-order valence-electron chi connectivity index (χ0n) is 10.7. The van der Waals surface area contributed by atoms with E-state index in [9.17, 15) is 8.42 Å². The second-order valence-corrected chi connectivity index (χ2v) is 6.25. The molecule has 0 atom stereocenters. The van der Waals surface area contributed by atoms with Gasteiger partial charge in [0, 0.05) is 25.9 Å². The highest BCUT2D eigenvalue weighted by atomic mass is 32.2. The average Bonchev–Trinajstić information content (AvgIpc) is 3.23. The van der Waals surface area contributed by atoms with Crippen molar-refractivity contribution < 1.29 is 13.2 Å². The first kappa shape index (κ1) is 14.2. The van der Waals surface area contributed by atoms with E-state index >= 15 is 0 Å². The zero-order chi connectivity index (χ0) is 13.9. The first-order chi connectivity index (χ1) is 9.09. The van der Waals surface area contributed by atoms with Crippen LogP contribution in [0.15, 0.2) is 23.2 Å². The molecule has 0 aliphatic heterocycles. The Morgan fingerprint density at radius 3 is 2.74 bits per heavy atom. The maximum atomic E-state index is 12.5. The molecule has 1 aliphatic carbocycles. The molecule has 0 saturated heterocycles. The molecule has 1 aliphatic rings. The van der Waals surface area contributed by atoms with E-state index in [1.54, 1.807) is 7.11 Å². The smallest absolute Gasteiger partial charge is 0.244 e. The van der Waals surface area contributed by atoms with Gasteiger partial charge in [-0.1, -0.05) is 0 Å². The fourth-order valence-electron chi connectivity index (χ4n) is 1.80. The normalized spacial score (nSPS) is 15.7. The molecule has 7 nitrogen and oxygen atoms in total. The standard InChI is InChI=1S/C11H18N4O3S/c1-18-7-6-15(9-2-3-9)19(16,17)10-4-5-11(14-12)13-8-10/h4-5,8-9H,2-3,6-7,12H2,1H3,(H,13,14). The van der Waals surface area contributed by atoms with E-state index < -0.39 is 10.0 Å². The van der Waals surface area contributed by atoms with Gasteiger partial charge < -0.3 is 10.2 Å². The monoisotopic (exact) mass is 286 g/mol. The van der Waals surface area contributed by atoms with E-state index in [4.69, 9.17) is 10.6 Å². The van der Waals surface area contributed by atoms with Crippen molar-refractivity contribution in [3.8, 4) is 0 Å². The van der Waals surface area contributed by atoms with Crippen LogP contribution in [0.2, 0.25) is 0 Å². The molecule has 0 unspecified atom stereocenters. The lowest BCUT2D eigenvalue weighted by molar-refractivity contribution is 0.177. The number of methoxy groups -OCH3 is 1. The molecule has 0 aromatic carbocycles. The number of nitrogens with zero attached hydrogens (tertiary/aromatic N) is 2. The fourth-order valence-corrected chi connectivity index (χ4v) is 3.41. The quantitative estimate of drug-likeness (QED) is 0.547. The number of rotatable bonds is 7. The molecule has 19 heavy (non-hydrogen) atoms. The van der Waals surface area contributed by atoms with Crippen LogP contribution in [0.1, 0.15) is 12.8 Å². The summed E-state index contributed by atoms with van der Waals surface area (Å²) < 4.78 is 31.5. The first-order valence-electron chi connectivity index (χ1n) is 6.03. The van der Waals surface area contributed by atoms with Gasteiger partial charge in [-0.2, -0.15) is 4.31 Å². The molecule has 2 rings (SSSR count). The lowest BCUT2D eigenvalue weighted by Crippen LogP contribution is -2.35. The minimum absolute atomic E-state index is 0.0902. The molecule has 1 heterocycles. The molecule has 3 N–H and O–H groups in total. The van der Waals surface area contributed by atoms with Crippen LogP contribution in [0, 0.1) is 0 Å². The van der Waals surface area contributed by atoms with Crippen LogP contribution in [0.25, 0.3) is 0 Å². The van der Waals surface area contributed by atoms with Crippen LogP contribution in [-0.2, 0) is 14.8 Å². The second-order valence-electron chi connectivity index (χ2n) is 4.36. The van der Waals surface area contributed by atoms with Crippen LogP contribution in [-0.4, -0.2) is 44.0 Å². The van der Waals surface area contributed by atoms with Crippen LogP contribution in [0.3, 0.4) is 0 Å². The Labute approximate surface area is 112 Å². The van der Waals surface area contributed by atoms with Crippen LogP contribution in [0.4, 0.5) is 5.82 Å². The summed E-state index contributed by atoms with van der Waals surface area (Å²) in [5, 5.41) is 0. The Hall–Kier alpha value is -1.22. The molecule has 0 radical (unpaired) electrons. The number of nitrogen functional groups attached to an aromatic ring is 1. The van der Waals surface area contributed by atoms with E-state index in [0.29, 0.717) is 19.0 Å². The van der Waals surface area contributed by atoms with Gasteiger partial charge in [0.1, 0.15) is 10.7 Å². The largest absolute Gasteiger partial charge is 0.383 e. The fraction of sp³-hybridized carbons (Fsp3) is 0.545. The van der Waals surface area contributed by atoms with Crippen molar-refractivity contribution in [3.63, 3.8) is 0 Å². The summed E-state index contributed by atoms with van der Waals surface area (Å²) in [6.07, 6.45) is 3.12. The van der Waals surface area contributed by atoms with Crippen molar-refractivity contribution in [1.29, 1.82) is 0 Å². The van der Waals surface area contributed by atoms with Gasteiger partial charge in [-0.25, -0.2) is 19.2 Å². The number of sulfonamides is 1. The molecular weight excluding hydrogens is 268 g/mol. The zero-order valence-corrected chi connectivity index (χ0v) is 11.6. The van der Waals surface area contributed by atoms with Crippen molar-refractivity contribution in [2.75, 3.05) is 25.7 Å². The van der Waals surface area contributed by atoms with Gasteiger partial charge in [-0.05, 0) is 25.0 Å². The lowest BCUT2D eigenvalue weighted by Gasteiger charge is -2.21. The topological polar surface area (TPSA) is 97.5 Å². The molecule has 1 saturated carbocycles. The summed E-state index contributed by atoms with van der Waals surface area (Å²) in [5.74, 6) is 5.63. The summed E-state index contributed by atoms with van der Waals surface area (Å²) in [6.45, 7) is 0.742. The number of hydrogen-bond donors (Lipinski definition) is 2. The van der Waals surface area contributed by atoms with Crippen molar-refractivity contribution in [1.82, 2.24) is 9.29 Å². The summed E-state index contributed by atoms with van der Waals surface area (Å²) in [5.41, 5.74) is 2.36. The first-order valence-corrected chi connectivity index (χ1v) is 7.47. The highest BCUT2D eigenvalue weighted by molar-refractivity contribution is 7.89. The van der Waals surface area contributed by atoms with Gasteiger partial charge in [0.15, 0.2) is 0 Å². The van der Waals surface area contributed by atoms with Gasteiger partial charge >= 0.3 is 0 Å². The molecule has 1 aromatic rings. The van der Waals surface area contributed by atoms with Gasteiger partial charge in [0.2, 0.25) is 10.0 Å². The van der Waals surface area contributed by atoms with Crippen molar-refractivity contribution in [3.05, 3.63) is 18.3 Å². The predicted octanol–water partition coefficient (Wildman–Crippen LogP) is 0.167. The summed E-state index contributed by atoms with van der Waals surface area (Å²) in [7, 11) is -1.96. The Morgan fingerprint density at radius 1 is 1.53 bits per heavy atom. The molecule has 1 fully saturated rings. The Balaban J connectivity index is 2.22. The Kier molecular flexibility index (Phi) is 4.35. The highest BCUT2D eigenvalue weighted by Crippen LogP contribution is 2.31. The minimum Gasteiger partial charge on any atom is -0.383 e. The van der Waals surface area contributed by atoms with E-state index in [2.05, 4.69) is 10.4 Å². The van der Waals surface area contributed by atoms with Gasteiger partial charge in [-0.3, -0.25) is 0 Å². The maximum absolute atomic E-state index is 12.5. The van der Waals surface area contributed by atoms with E-state index in [1.165, 1.54) is 22.6 Å². The molecule has 0 amide bonds. The van der Waals surface area contributed by atoms with Crippen molar-refractivity contribution in [2.24, 2.45) is 5.84 Å². The number of hydrogen-bond acceptors (Lipinski definition) is 6. The molecule has 0 bridgehead atoms. The molecule has 0 spiro atoms. The van der Waals surface area contributed by atoms with Crippen LogP contribution in [0.5, 0.6) is 0 Å². The lowest BCUT2D eigenvalue weighted by atomic mass is 10.5. The Morgan fingerprint density at radius 2 is 2.26 bits per heavy atom. The van der Waals surface area contributed by atoms with Gasteiger partial charge in [-0.15, -0.1) is 0 Å². The average molecular weight is 286 g/mol. The van der Waals surface area contributed by atoms with Gasteiger partial charge in [0.25, 0.3) is 0 Å². The molecule has 8 heteroatoms. The number of ether oxygens (including phenoxy) is 1. The number of aromatic nitrogens is 1. The summed E-state index contributed by atoms with van der Waals surface area (Å²) in [4.78, 5) is 4.11. The third-order valence-corrected chi connectivity index (χ3v) is 4.90. The number of anilines is 1. The Bertz CT molecular complexity index is 513. The number of pyridine rings is 1. The molecule has 106 valence electrons. The predicted molar refractivity (Wildman–Crippen MR) is 70.8 cm³/mol. The minimum atomic E-state index is -3.51. The molecule has 1 aromatic heterocycles. The number of hydrazine groups is 1. The SMILES string of the molecule is COCCN(C1CC1)S(=O)(=O)c1ccc(NN)nc1. The summed E-state index contributed by atoms with van der Waals surface area (Å²) >= 11 is 0. The second kappa shape index (κ2) is 5.83. The van der Waals surface area contributed by atoms with Crippen LogP contribution >= 0.6 is 0 Å². The highest BCUT2D eigenvalue weighted by Gasteiger charge is 2.37. The maximum Gasteiger partial charge on any atom is 0.244 e. The number of nitrogens with one attached hydrogen (secondary N) is 1. The number of nitrogens with two attached hydrogens (primary N) is 1. The third-order valence-electron chi connectivity index (χ3n) is 2.96. The van der Waals surface area contributed by atoms with Crippen LogP contribution < -0.4 is 11.3 Å². The van der Waals surface area contributed by atoms with Crippen molar-refractivity contribution >= 4 is 15.8 Å². The van der Waals surface area contributed by atoms with E-state index in [-0.39, 0.29) is 10.9 Å². The molecular formula is C11H18N4O3S.